The highest BCUT2D eigenvalue weighted by Crippen LogP contribution is 2.33. The van der Waals surface area contributed by atoms with Gasteiger partial charge in [-0.25, -0.2) is 9.37 Å². The van der Waals surface area contributed by atoms with Gasteiger partial charge in [-0.2, -0.15) is 5.10 Å². The SMILES string of the molecule is Cn1ccc(N2CCn3c(nc(C(=O)NCc4ccc(F)cc4)c(O)c3=O)C2(C)C)n1. The minimum atomic E-state index is -0.758. The van der Waals surface area contributed by atoms with E-state index in [9.17, 15) is 19.1 Å². The fourth-order valence-electron chi connectivity index (χ4n) is 3.79. The second kappa shape index (κ2) is 7.53. The molecule has 0 saturated carbocycles. The van der Waals surface area contributed by atoms with Crippen LogP contribution in [0, 0.1) is 5.82 Å². The lowest BCUT2D eigenvalue weighted by Crippen LogP contribution is -2.53. The molecule has 0 aliphatic carbocycles. The lowest BCUT2D eigenvalue weighted by molar-refractivity contribution is 0.0941. The number of halogens is 1. The van der Waals surface area contributed by atoms with Gasteiger partial charge >= 0.3 is 0 Å². The molecule has 4 rings (SSSR count). The van der Waals surface area contributed by atoms with Gasteiger partial charge in [-0.1, -0.05) is 12.1 Å². The molecule has 0 unspecified atom stereocenters. The third kappa shape index (κ3) is 3.65. The number of nitrogens with zero attached hydrogens (tertiary/aromatic N) is 5. The van der Waals surface area contributed by atoms with E-state index in [1.54, 1.807) is 16.8 Å². The molecule has 3 aromatic rings. The molecule has 0 radical (unpaired) electrons. The molecule has 0 spiro atoms. The lowest BCUT2D eigenvalue weighted by atomic mass is 9.98. The Hall–Kier alpha value is -3.69. The van der Waals surface area contributed by atoms with E-state index in [2.05, 4.69) is 15.4 Å². The minimum Gasteiger partial charge on any atom is -0.501 e. The molecule has 3 heterocycles. The molecule has 2 aromatic heterocycles. The fraction of sp³-hybridized carbons (Fsp3) is 0.333. The van der Waals surface area contributed by atoms with Gasteiger partial charge in [0.05, 0.1) is 5.54 Å². The van der Waals surface area contributed by atoms with Crippen molar-refractivity contribution in [2.45, 2.75) is 32.5 Å². The van der Waals surface area contributed by atoms with Crippen LogP contribution in [0.1, 0.15) is 35.7 Å². The highest BCUT2D eigenvalue weighted by molar-refractivity contribution is 5.94. The summed E-state index contributed by atoms with van der Waals surface area (Å²) in [6.07, 6.45) is 1.83. The summed E-state index contributed by atoms with van der Waals surface area (Å²) >= 11 is 0. The molecule has 162 valence electrons. The Morgan fingerprint density at radius 3 is 2.58 bits per heavy atom. The predicted octanol–water partition coefficient (Wildman–Crippen LogP) is 1.51. The highest BCUT2D eigenvalue weighted by Gasteiger charge is 2.39. The third-order valence-corrected chi connectivity index (χ3v) is 5.47. The smallest absolute Gasteiger partial charge is 0.296 e. The number of anilines is 1. The van der Waals surface area contributed by atoms with Crippen molar-refractivity contribution >= 4 is 11.7 Å². The van der Waals surface area contributed by atoms with Gasteiger partial charge in [-0.15, -0.1) is 0 Å². The van der Waals surface area contributed by atoms with Gasteiger partial charge in [0.25, 0.3) is 11.5 Å². The van der Waals surface area contributed by atoms with Crippen LogP contribution in [0.4, 0.5) is 10.2 Å². The Labute approximate surface area is 177 Å². The number of nitrogens with one attached hydrogen (secondary N) is 1. The van der Waals surface area contributed by atoms with Gasteiger partial charge in [-0.05, 0) is 31.5 Å². The van der Waals surface area contributed by atoms with Gasteiger partial charge < -0.3 is 15.3 Å². The number of fused-ring (bicyclic) bond motifs is 1. The van der Waals surface area contributed by atoms with Crippen LogP contribution >= 0.6 is 0 Å². The molecule has 1 aliphatic rings. The van der Waals surface area contributed by atoms with E-state index < -0.39 is 22.8 Å². The van der Waals surface area contributed by atoms with Crippen molar-refractivity contribution < 1.29 is 14.3 Å². The molecule has 0 atom stereocenters. The topological polar surface area (TPSA) is 105 Å². The number of hydrogen-bond acceptors (Lipinski definition) is 6. The Kier molecular flexibility index (Phi) is 5.00. The van der Waals surface area contributed by atoms with Crippen molar-refractivity contribution in [3.05, 3.63) is 69.8 Å². The van der Waals surface area contributed by atoms with E-state index in [1.165, 1.54) is 16.7 Å². The molecular weight excluding hydrogens is 403 g/mol. The van der Waals surface area contributed by atoms with Crippen LogP contribution in [0.2, 0.25) is 0 Å². The molecule has 0 fully saturated rings. The van der Waals surface area contributed by atoms with Crippen LogP contribution in [0.25, 0.3) is 0 Å². The second-order valence-electron chi connectivity index (χ2n) is 7.96. The quantitative estimate of drug-likeness (QED) is 0.655. The van der Waals surface area contributed by atoms with Gasteiger partial charge in [0.2, 0.25) is 5.75 Å². The molecule has 1 amide bonds. The van der Waals surface area contributed by atoms with Gasteiger partial charge in [0, 0.05) is 38.9 Å². The summed E-state index contributed by atoms with van der Waals surface area (Å²) in [6.45, 7) is 4.66. The van der Waals surface area contributed by atoms with E-state index in [1.807, 2.05) is 38.1 Å². The van der Waals surface area contributed by atoms with Crippen molar-refractivity contribution in [1.29, 1.82) is 0 Å². The van der Waals surface area contributed by atoms with Crippen LogP contribution in [0.5, 0.6) is 5.75 Å². The summed E-state index contributed by atoms with van der Waals surface area (Å²) in [5.74, 6) is -0.671. The van der Waals surface area contributed by atoms with Crippen molar-refractivity contribution in [1.82, 2.24) is 24.6 Å². The first kappa shape index (κ1) is 20.6. The molecule has 0 bridgehead atoms. The van der Waals surface area contributed by atoms with E-state index in [0.717, 1.165) is 5.82 Å². The Balaban J connectivity index is 1.67. The highest BCUT2D eigenvalue weighted by atomic mass is 19.1. The maximum atomic E-state index is 13.1. The van der Waals surface area contributed by atoms with Crippen molar-refractivity contribution in [2.75, 3.05) is 11.4 Å². The van der Waals surface area contributed by atoms with E-state index in [-0.39, 0.29) is 18.1 Å². The van der Waals surface area contributed by atoms with Crippen molar-refractivity contribution in [3.63, 3.8) is 0 Å². The number of carbonyl (C=O) groups excluding carboxylic acids is 1. The summed E-state index contributed by atoms with van der Waals surface area (Å²) in [5.41, 5.74) is -1.09. The van der Waals surface area contributed by atoms with E-state index in [4.69, 9.17) is 0 Å². The summed E-state index contributed by atoms with van der Waals surface area (Å²) in [5, 5.41) is 17.4. The number of aromatic hydroxyl groups is 1. The number of hydrogen-bond donors (Lipinski definition) is 2. The molecule has 1 aromatic carbocycles. The predicted molar refractivity (Wildman–Crippen MR) is 111 cm³/mol. The summed E-state index contributed by atoms with van der Waals surface area (Å²) in [4.78, 5) is 31.9. The van der Waals surface area contributed by atoms with Crippen LogP contribution in [-0.2, 0) is 25.7 Å². The van der Waals surface area contributed by atoms with E-state index in [0.29, 0.717) is 24.5 Å². The third-order valence-electron chi connectivity index (χ3n) is 5.47. The first-order chi connectivity index (χ1) is 14.7. The Bertz CT molecular complexity index is 1200. The van der Waals surface area contributed by atoms with Crippen molar-refractivity contribution in [3.8, 4) is 5.75 Å². The minimum absolute atomic E-state index is 0.0993. The maximum absolute atomic E-state index is 13.1. The number of benzene rings is 1. The lowest BCUT2D eigenvalue weighted by Gasteiger charge is -2.43. The summed E-state index contributed by atoms with van der Waals surface area (Å²) in [6, 6.07) is 7.53. The number of amides is 1. The van der Waals surface area contributed by atoms with Crippen LogP contribution < -0.4 is 15.8 Å². The summed E-state index contributed by atoms with van der Waals surface area (Å²) < 4.78 is 16.1. The molecular formula is C21H23FN6O3. The zero-order valence-electron chi connectivity index (χ0n) is 17.5. The molecule has 10 heteroatoms. The monoisotopic (exact) mass is 426 g/mol. The first-order valence-electron chi connectivity index (χ1n) is 9.82. The molecule has 9 nitrogen and oxygen atoms in total. The number of carbonyl (C=O) groups is 1. The largest absolute Gasteiger partial charge is 0.501 e. The zero-order chi connectivity index (χ0) is 22.3. The standard InChI is InChI=1S/C21H23FN6O3/c1-21(2)20-24-16(18(30)23-12-13-4-6-14(22)7-5-13)17(29)19(31)27(20)10-11-28(21)15-8-9-26(3)25-15/h4-9,29H,10-12H2,1-3H3,(H,23,30). The molecule has 1 aliphatic heterocycles. The van der Waals surface area contributed by atoms with Crippen molar-refractivity contribution in [2.24, 2.45) is 7.05 Å². The van der Waals surface area contributed by atoms with Crippen LogP contribution in [0.15, 0.2) is 41.3 Å². The molecule has 2 N–H and O–H groups in total. The Morgan fingerprint density at radius 2 is 1.94 bits per heavy atom. The zero-order valence-corrected chi connectivity index (χ0v) is 17.5. The molecule has 0 saturated heterocycles. The normalized spacial score (nSPS) is 14.9. The fourth-order valence-corrected chi connectivity index (χ4v) is 3.79. The number of aromatic nitrogens is 4. The number of aryl methyl sites for hydroxylation is 1. The van der Waals surface area contributed by atoms with Gasteiger partial charge in [0.15, 0.2) is 11.5 Å². The van der Waals surface area contributed by atoms with Crippen LogP contribution in [0.3, 0.4) is 0 Å². The average molecular weight is 426 g/mol. The average Bonchev–Trinajstić information content (AvgIpc) is 3.15. The van der Waals surface area contributed by atoms with Gasteiger partial charge in [-0.3, -0.25) is 18.8 Å². The van der Waals surface area contributed by atoms with E-state index >= 15 is 0 Å². The maximum Gasteiger partial charge on any atom is 0.296 e. The molecule has 31 heavy (non-hydrogen) atoms. The first-order valence-corrected chi connectivity index (χ1v) is 9.82. The van der Waals surface area contributed by atoms with Gasteiger partial charge in [0.1, 0.15) is 11.6 Å². The Morgan fingerprint density at radius 1 is 1.23 bits per heavy atom. The van der Waals surface area contributed by atoms with Crippen LogP contribution in [-0.4, -0.2) is 36.9 Å². The second-order valence-corrected chi connectivity index (χ2v) is 7.96. The summed E-state index contributed by atoms with van der Waals surface area (Å²) in [7, 11) is 1.82. The number of rotatable bonds is 4.